The van der Waals surface area contributed by atoms with E-state index < -0.39 is 10.0 Å². The Hall–Kier alpha value is -2.45. The fourth-order valence-electron chi connectivity index (χ4n) is 2.02. The highest BCUT2D eigenvalue weighted by Crippen LogP contribution is 2.10. The van der Waals surface area contributed by atoms with Crippen LogP contribution in [0.1, 0.15) is 11.3 Å². The normalized spacial score (nSPS) is 12.0. The Kier molecular flexibility index (Phi) is 6.28. The largest absolute Gasteiger partial charge is 0.352 e. The van der Waals surface area contributed by atoms with Gasteiger partial charge in [-0.05, 0) is 36.9 Å². The number of sulfonamides is 1. The van der Waals surface area contributed by atoms with Crippen molar-refractivity contribution < 1.29 is 8.42 Å². The van der Waals surface area contributed by atoms with E-state index in [0.29, 0.717) is 19.0 Å². The Morgan fingerprint density at radius 2 is 1.92 bits per heavy atom. The number of aliphatic imine (C=N–C) groups is 1. The zero-order chi connectivity index (χ0) is 17.4. The van der Waals surface area contributed by atoms with E-state index in [1.165, 1.54) is 7.05 Å². The molecule has 0 fully saturated rings. The summed E-state index contributed by atoms with van der Waals surface area (Å²) in [5.74, 6) is 0.613. The van der Waals surface area contributed by atoms with Crippen LogP contribution in [0.15, 0.2) is 58.5 Å². The third kappa shape index (κ3) is 5.04. The Labute approximate surface area is 142 Å². The maximum Gasteiger partial charge on any atom is 0.240 e. The number of hydrogen-bond donors (Lipinski definition) is 3. The van der Waals surface area contributed by atoms with Gasteiger partial charge in [0.15, 0.2) is 5.96 Å². The van der Waals surface area contributed by atoms with Crippen LogP contribution in [0.5, 0.6) is 0 Å². The molecule has 0 atom stereocenters. The van der Waals surface area contributed by atoms with Crippen molar-refractivity contribution in [1.29, 1.82) is 0 Å². The topological polar surface area (TPSA) is 95.5 Å². The van der Waals surface area contributed by atoms with Gasteiger partial charge in [-0.2, -0.15) is 0 Å². The second-order valence-electron chi connectivity index (χ2n) is 4.96. The molecule has 0 spiro atoms. The maximum absolute atomic E-state index is 11.8. The molecular weight excluding hydrogens is 326 g/mol. The minimum atomic E-state index is -3.44. The molecule has 3 N–H and O–H groups in total. The summed E-state index contributed by atoms with van der Waals surface area (Å²) in [5.41, 5.74) is 1.75. The van der Waals surface area contributed by atoms with Crippen LogP contribution in [0.3, 0.4) is 0 Å². The van der Waals surface area contributed by atoms with Crippen molar-refractivity contribution in [3.05, 3.63) is 59.9 Å². The zero-order valence-electron chi connectivity index (χ0n) is 13.7. The lowest BCUT2D eigenvalue weighted by atomic mass is 10.2. The highest BCUT2D eigenvalue weighted by Gasteiger charge is 2.11. The summed E-state index contributed by atoms with van der Waals surface area (Å²) in [4.78, 5) is 8.61. The molecule has 1 aromatic carbocycles. The molecule has 0 amide bonds. The summed E-state index contributed by atoms with van der Waals surface area (Å²) in [6.45, 7) is 1.00. The Balaban J connectivity index is 1.95. The van der Waals surface area contributed by atoms with E-state index in [0.717, 1.165) is 11.3 Å². The molecule has 0 unspecified atom stereocenters. The summed E-state index contributed by atoms with van der Waals surface area (Å²) in [5, 5.41) is 6.31. The van der Waals surface area contributed by atoms with Crippen molar-refractivity contribution in [2.75, 3.05) is 14.1 Å². The Bertz CT molecular complexity index is 791. The number of nitrogens with one attached hydrogen (secondary N) is 3. The summed E-state index contributed by atoms with van der Waals surface area (Å²) in [6, 6.07) is 12.5. The van der Waals surface area contributed by atoms with Gasteiger partial charge in [0, 0.05) is 19.8 Å². The molecule has 0 saturated carbocycles. The second kappa shape index (κ2) is 8.42. The van der Waals surface area contributed by atoms with Crippen molar-refractivity contribution in [3.8, 4) is 0 Å². The first-order valence-corrected chi connectivity index (χ1v) is 8.90. The maximum atomic E-state index is 11.8. The van der Waals surface area contributed by atoms with Crippen molar-refractivity contribution >= 4 is 16.0 Å². The van der Waals surface area contributed by atoms with Crippen LogP contribution in [0, 0.1) is 0 Å². The zero-order valence-corrected chi connectivity index (χ0v) is 14.5. The molecule has 0 radical (unpaired) electrons. The van der Waals surface area contributed by atoms with Crippen LogP contribution in [-0.4, -0.2) is 33.5 Å². The van der Waals surface area contributed by atoms with Crippen molar-refractivity contribution in [3.63, 3.8) is 0 Å². The van der Waals surface area contributed by atoms with Crippen molar-refractivity contribution in [2.24, 2.45) is 4.99 Å². The van der Waals surface area contributed by atoms with Crippen LogP contribution in [0.2, 0.25) is 0 Å². The van der Waals surface area contributed by atoms with Gasteiger partial charge in [0.2, 0.25) is 10.0 Å². The predicted molar refractivity (Wildman–Crippen MR) is 94.0 cm³/mol. The monoisotopic (exact) mass is 347 g/mol. The van der Waals surface area contributed by atoms with Gasteiger partial charge < -0.3 is 10.6 Å². The highest BCUT2D eigenvalue weighted by atomic mass is 32.2. The fourth-order valence-corrected chi connectivity index (χ4v) is 2.82. The molecule has 0 aliphatic rings. The van der Waals surface area contributed by atoms with Crippen LogP contribution in [-0.2, 0) is 23.1 Å². The van der Waals surface area contributed by atoms with Gasteiger partial charge in [-0.1, -0.05) is 18.2 Å². The van der Waals surface area contributed by atoms with E-state index in [4.69, 9.17) is 0 Å². The molecule has 7 nitrogen and oxygen atoms in total. The molecule has 2 rings (SSSR count). The second-order valence-corrected chi connectivity index (χ2v) is 6.84. The minimum Gasteiger partial charge on any atom is -0.352 e. The van der Waals surface area contributed by atoms with Gasteiger partial charge >= 0.3 is 0 Å². The number of benzene rings is 1. The first-order chi connectivity index (χ1) is 11.5. The molecule has 0 bridgehead atoms. The van der Waals surface area contributed by atoms with Gasteiger partial charge in [-0.25, -0.2) is 13.1 Å². The summed E-state index contributed by atoms with van der Waals surface area (Å²) in [6.07, 6.45) is 1.74. The third-order valence-electron chi connectivity index (χ3n) is 3.32. The summed E-state index contributed by atoms with van der Waals surface area (Å²) in [7, 11) is -0.374. The minimum absolute atomic E-state index is 0.237. The first-order valence-electron chi connectivity index (χ1n) is 7.42. The van der Waals surface area contributed by atoms with E-state index in [2.05, 4.69) is 25.3 Å². The number of nitrogens with zero attached hydrogens (tertiary/aromatic N) is 2. The van der Waals surface area contributed by atoms with Crippen LogP contribution in [0.25, 0.3) is 0 Å². The third-order valence-corrected chi connectivity index (χ3v) is 4.74. The number of aromatic nitrogens is 1. The number of guanidine groups is 1. The van der Waals surface area contributed by atoms with Crippen LogP contribution < -0.4 is 15.4 Å². The Morgan fingerprint density at radius 3 is 2.58 bits per heavy atom. The molecule has 0 aliphatic heterocycles. The first kappa shape index (κ1) is 17.9. The standard InChI is InChI=1S/C16H21N5O2S/c1-17-16(21-12-14-7-3-4-9-19-14)20-11-13-6-5-8-15(10-13)24(22,23)18-2/h3-10,18H,11-12H2,1-2H3,(H2,17,20,21). The van der Waals surface area contributed by atoms with Crippen LogP contribution >= 0.6 is 0 Å². The lowest BCUT2D eigenvalue weighted by molar-refractivity contribution is 0.588. The van der Waals surface area contributed by atoms with Gasteiger partial charge in [-0.3, -0.25) is 9.98 Å². The number of rotatable bonds is 6. The average molecular weight is 347 g/mol. The van der Waals surface area contributed by atoms with E-state index in [9.17, 15) is 8.42 Å². The predicted octanol–water partition coefficient (Wildman–Crippen LogP) is 0.855. The quantitative estimate of drug-likeness (QED) is 0.532. The summed E-state index contributed by atoms with van der Waals surface area (Å²) >= 11 is 0. The van der Waals surface area contributed by atoms with Gasteiger partial charge in [0.05, 0.1) is 17.1 Å². The van der Waals surface area contributed by atoms with E-state index in [1.807, 2.05) is 24.3 Å². The van der Waals surface area contributed by atoms with Gasteiger partial charge in [-0.15, -0.1) is 0 Å². The molecule has 24 heavy (non-hydrogen) atoms. The molecule has 2 aromatic rings. The Morgan fingerprint density at radius 1 is 1.12 bits per heavy atom. The summed E-state index contributed by atoms with van der Waals surface area (Å²) < 4.78 is 26.0. The lowest BCUT2D eigenvalue weighted by Gasteiger charge is -2.12. The van der Waals surface area contributed by atoms with Crippen LogP contribution in [0.4, 0.5) is 0 Å². The number of hydrogen-bond acceptors (Lipinski definition) is 4. The van der Waals surface area contributed by atoms with E-state index in [-0.39, 0.29) is 4.90 Å². The smallest absolute Gasteiger partial charge is 0.240 e. The molecule has 8 heteroatoms. The van der Waals surface area contributed by atoms with E-state index in [1.54, 1.807) is 31.4 Å². The lowest BCUT2D eigenvalue weighted by Crippen LogP contribution is -2.36. The SMILES string of the molecule is CN=C(NCc1cccc(S(=O)(=O)NC)c1)NCc1ccccn1. The number of pyridine rings is 1. The van der Waals surface area contributed by atoms with Gasteiger partial charge in [0.1, 0.15) is 0 Å². The molecule has 1 heterocycles. The molecule has 0 saturated heterocycles. The average Bonchev–Trinajstić information content (AvgIpc) is 2.63. The van der Waals surface area contributed by atoms with Crippen molar-refractivity contribution in [1.82, 2.24) is 20.3 Å². The molecule has 0 aliphatic carbocycles. The van der Waals surface area contributed by atoms with Crippen molar-refractivity contribution in [2.45, 2.75) is 18.0 Å². The van der Waals surface area contributed by atoms with Gasteiger partial charge in [0.25, 0.3) is 0 Å². The highest BCUT2D eigenvalue weighted by molar-refractivity contribution is 7.89. The molecule has 128 valence electrons. The molecular formula is C16H21N5O2S. The molecule has 1 aromatic heterocycles. The van der Waals surface area contributed by atoms with E-state index >= 15 is 0 Å². The fraction of sp³-hybridized carbons (Fsp3) is 0.250.